The molecule has 0 N–H and O–H groups in total. The Balaban J connectivity index is 2.30. The van der Waals surface area contributed by atoms with Crippen LogP contribution in [-0.4, -0.2) is 5.78 Å². The third kappa shape index (κ3) is 2.41. The molecule has 1 aromatic carbocycles. The van der Waals surface area contributed by atoms with E-state index in [4.69, 9.17) is 0 Å². The van der Waals surface area contributed by atoms with Gasteiger partial charge >= 0.3 is 0 Å². The Hall–Kier alpha value is -1.37. The van der Waals surface area contributed by atoms with Crippen LogP contribution in [0.3, 0.4) is 0 Å². The quantitative estimate of drug-likeness (QED) is 0.747. The molecule has 0 bridgehead atoms. The van der Waals surface area contributed by atoms with E-state index in [2.05, 4.69) is 19.1 Å². The minimum absolute atomic E-state index is 0.284. The number of rotatable bonds is 3. The molecule has 84 valence electrons. The largest absolute Gasteiger partial charge is 0.295 e. The second kappa shape index (κ2) is 5.11. The fourth-order valence-corrected chi connectivity index (χ4v) is 2.43. The van der Waals surface area contributed by atoms with Gasteiger partial charge in [0, 0.05) is 6.42 Å². The number of benzene rings is 1. The van der Waals surface area contributed by atoms with Crippen molar-refractivity contribution in [3.05, 3.63) is 42.0 Å². The van der Waals surface area contributed by atoms with Gasteiger partial charge in [-0.2, -0.15) is 0 Å². The second-order valence-electron chi connectivity index (χ2n) is 4.46. The maximum atomic E-state index is 11.5. The average Bonchev–Trinajstić information content (AvgIpc) is 2.33. The molecule has 1 nitrogen and oxygen atoms in total. The third-order valence-corrected chi connectivity index (χ3v) is 3.24. The highest BCUT2D eigenvalue weighted by Crippen LogP contribution is 2.34. The molecule has 0 heterocycles. The standard InChI is InChI=1S/C15H18O/c1-2-6-12-9-10-14(16)11-15(12)13-7-4-3-5-8-13/h3-5,7-8,11-12H,2,6,9-10H2,1H3. The Morgan fingerprint density at radius 2 is 2.00 bits per heavy atom. The fourth-order valence-electron chi connectivity index (χ4n) is 2.43. The van der Waals surface area contributed by atoms with Crippen molar-refractivity contribution < 1.29 is 4.79 Å². The van der Waals surface area contributed by atoms with Crippen molar-refractivity contribution >= 4 is 11.4 Å². The molecule has 0 saturated carbocycles. The summed E-state index contributed by atoms with van der Waals surface area (Å²) in [6.45, 7) is 2.21. The van der Waals surface area contributed by atoms with E-state index in [0.717, 1.165) is 12.8 Å². The minimum atomic E-state index is 0.284. The fraction of sp³-hybridized carbons (Fsp3) is 0.400. The van der Waals surface area contributed by atoms with E-state index in [0.29, 0.717) is 5.92 Å². The van der Waals surface area contributed by atoms with E-state index in [1.807, 2.05) is 24.3 Å². The molecule has 1 heteroatoms. The highest BCUT2D eigenvalue weighted by Gasteiger charge is 2.21. The molecule has 0 amide bonds. The molecule has 0 saturated heterocycles. The summed E-state index contributed by atoms with van der Waals surface area (Å²) in [6, 6.07) is 10.3. The Morgan fingerprint density at radius 3 is 2.69 bits per heavy atom. The Morgan fingerprint density at radius 1 is 1.25 bits per heavy atom. The molecule has 1 aromatic rings. The molecule has 1 atom stereocenters. The van der Waals surface area contributed by atoms with Crippen LogP contribution in [0.1, 0.15) is 38.2 Å². The molecule has 16 heavy (non-hydrogen) atoms. The molecule has 0 aromatic heterocycles. The maximum Gasteiger partial charge on any atom is 0.156 e. The lowest BCUT2D eigenvalue weighted by atomic mass is 9.81. The van der Waals surface area contributed by atoms with Gasteiger partial charge in [-0.25, -0.2) is 0 Å². The van der Waals surface area contributed by atoms with E-state index in [9.17, 15) is 4.79 Å². The van der Waals surface area contributed by atoms with Crippen molar-refractivity contribution in [3.8, 4) is 0 Å². The van der Waals surface area contributed by atoms with Crippen molar-refractivity contribution in [2.75, 3.05) is 0 Å². The van der Waals surface area contributed by atoms with Gasteiger partial charge in [0.1, 0.15) is 0 Å². The van der Waals surface area contributed by atoms with Crippen LogP contribution in [0.15, 0.2) is 36.4 Å². The molecule has 1 aliphatic carbocycles. The second-order valence-corrected chi connectivity index (χ2v) is 4.46. The van der Waals surface area contributed by atoms with Gasteiger partial charge in [-0.15, -0.1) is 0 Å². The number of hydrogen-bond donors (Lipinski definition) is 0. The number of ketones is 1. The zero-order valence-electron chi connectivity index (χ0n) is 9.78. The molecular weight excluding hydrogens is 196 g/mol. The van der Waals surface area contributed by atoms with Crippen molar-refractivity contribution in [3.63, 3.8) is 0 Å². The van der Waals surface area contributed by atoms with Gasteiger partial charge in [0.2, 0.25) is 0 Å². The monoisotopic (exact) mass is 214 g/mol. The van der Waals surface area contributed by atoms with E-state index in [1.54, 1.807) is 0 Å². The van der Waals surface area contributed by atoms with Gasteiger partial charge in [0.15, 0.2) is 5.78 Å². The number of allylic oxidation sites excluding steroid dienone is 2. The van der Waals surface area contributed by atoms with E-state index < -0.39 is 0 Å². The SMILES string of the molecule is CCCC1CCC(=O)C=C1c1ccccc1. The topological polar surface area (TPSA) is 17.1 Å². The highest BCUT2D eigenvalue weighted by atomic mass is 16.1. The third-order valence-electron chi connectivity index (χ3n) is 3.24. The molecule has 0 fully saturated rings. The summed E-state index contributed by atoms with van der Waals surface area (Å²) >= 11 is 0. The van der Waals surface area contributed by atoms with Gasteiger partial charge in [0.05, 0.1) is 0 Å². The molecule has 1 unspecified atom stereocenters. The molecule has 2 rings (SSSR count). The van der Waals surface area contributed by atoms with Crippen LogP contribution in [0.2, 0.25) is 0 Å². The molecule has 0 spiro atoms. The highest BCUT2D eigenvalue weighted by molar-refractivity contribution is 5.98. The van der Waals surface area contributed by atoms with Crippen LogP contribution in [0.5, 0.6) is 0 Å². The van der Waals surface area contributed by atoms with Crippen molar-refractivity contribution in [1.29, 1.82) is 0 Å². The number of hydrogen-bond acceptors (Lipinski definition) is 1. The van der Waals surface area contributed by atoms with Crippen molar-refractivity contribution in [2.45, 2.75) is 32.6 Å². The van der Waals surface area contributed by atoms with E-state index in [-0.39, 0.29) is 5.78 Å². The summed E-state index contributed by atoms with van der Waals surface area (Å²) in [5.41, 5.74) is 2.47. The first-order valence-electron chi connectivity index (χ1n) is 6.11. The lowest BCUT2D eigenvalue weighted by molar-refractivity contribution is -0.115. The summed E-state index contributed by atoms with van der Waals surface area (Å²) in [5.74, 6) is 0.858. The lowest BCUT2D eigenvalue weighted by Gasteiger charge is -2.23. The minimum Gasteiger partial charge on any atom is -0.295 e. The van der Waals surface area contributed by atoms with Gasteiger partial charge in [-0.1, -0.05) is 43.7 Å². The van der Waals surface area contributed by atoms with Crippen LogP contribution in [0, 0.1) is 5.92 Å². The first-order valence-corrected chi connectivity index (χ1v) is 6.11. The van der Waals surface area contributed by atoms with Crippen molar-refractivity contribution in [2.24, 2.45) is 5.92 Å². The van der Waals surface area contributed by atoms with Gasteiger partial charge in [-0.05, 0) is 36.0 Å². The number of carbonyl (C=O) groups is 1. The predicted octanol–water partition coefficient (Wildman–Crippen LogP) is 3.85. The zero-order chi connectivity index (χ0) is 11.4. The zero-order valence-corrected chi connectivity index (χ0v) is 9.78. The first-order chi connectivity index (χ1) is 7.81. The summed E-state index contributed by atoms with van der Waals surface area (Å²) < 4.78 is 0. The molecule has 0 aliphatic heterocycles. The summed E-state index contributed by atoms with van der Waals surface area (Å²) in [5, 5.41) is 0. The first kappa shape index (κ1) is 11.1. The van der Waals surface area contributed by atoms with Gasteiger partial charge in [0.25, 0.3) is 0 Å². The summed E-state index contributed by atoms with van der Waals surface area (Å²) in [6.07, 6.45) is 5.98. The average molecular weight is 214 g/mol. The Kier molecular flexibility index (Phi) is 3.55. The van der Waals surface area contributed by atoms with Crippen molar-refractivity contribution in [1.82, 2.24) is 0 Å². The smallest absolute Gasteiger partial charge is 0.156 e. The molecule has 1 aliphatic rings. The Labute approximate surface area is 97.2 Å². The lowest BCUT2D eigenvalue weighted by Crippen LogP contribution is -2.13. The van der Waals surface area contributed by atoms with Crippen LogP contribution in [0.4, 0.5) is 0 Å². The maximum absolute atomic E-state index is 11.5. The summed E-state index contributed by atoms with van der Waals surface area (Å²) in [7, 11) is 0. The van der Waals surface area contributed by atoms with E-state index in [1.165, 1.54) is 24.0 Å². The van der Waals surface area contributed by atoms with Gasteiger partial charge < -0.3 is 0 Å². The predicted molar refractivity (Wildman–Crippen MR) is 67.1 cm³/mol. The summed E-state index contributed by atoms with van der Waals surface area (Å²) in [4.78, 5) is 11.5. The normalized spacial score (nSPS) is 20.7. The van der Waals surface area contributed by atoms with Crippen LogP contribution >= 0.6 is 0 Å². The molecular formula is C15H18O. The van der Waals surface area contributed by atoms with Crippen LogP contribution in [0.25, 0.3) is 5.57 Å². The van der Waals surface area contributed by atoms with Gasteiger partial charge in [-0.3, -0.25) is 4.79 Å². The van der Waals surface area contributed by atoms with Crippen LogP contribution < -0.4 is 0 Å². The number of carbonyl (C=O) groups excluding carboxylic acids is 1. The Bertz CT molecular complexity index is 389. The van der Waals surface area contributed by atoms with E-state index >= 15 is 0 Å². The molecule has 0 radical (unpaired) electrons. The van der Waals surface area contributed by atoms with Crippen LogP contribution in [-0.2, 0) is 4.79 Å².